The molecule has 19 heavy (non-hydrogen) atoms. The highest BCUT2D eigenvalue weighted by Gasteiger charge is 2.04. The lowest BCUT2D eigenvalue weighted by molar-refractivity contribution is 0.460. The molecule has 0 unspecified atom stereocenters. The van der Waals surface area contributed by atoms with Crippen LogP contribution in [0, 0.1) is 11.5 Å². The topological polar surface area (TPSA) is 111 Å². The minimum Gasteiger partial charge on any atom is -0.372 e. The molecule has 2 rings (SSSR count). The highest BCUT2D eigenvalue weighted by molar-refractivity contribution is 8.13. The molecule has 2 N–H and O–H groups in total. The van der Waals surface area contributed by atoms with Crippen LogP contribution < -0.4 is 16.7 Å². The van der Waals surface area contributed by atoms with Gasteiger partial charge < -0.3 is 4.42 Å². The normalized spacial score (nSPS) is 11.3. The Morgan fingerprint density at radius 2 is 2.32 bits per heavy atom. The van der Waals surface area contributed by atoms with E-state index in [4.69, 9.17) is 5.26 Å². The van der Waals surface area contributed by atoms with Crippen molar-refractivity contribution < 1.29 is 4.42 Å². The van der Waals surface area contributed by atoms with Gasteiger partial charge in [-0.1, -0.05) is 11.8 Å². The van der Waals surface area contributed by atoms with E-state index in [1.165, 1.54) is 17.8 Å². The second-order valence-electron chi connectivity index (χ2n) is 3.39. The summed E-state index contributed by atoms with van der Waals surface area (Å²) in [6, 6.07) is 4.65. The molecule has 1 aromatic heterocycles. The Bertz CT molecular complexity index is 800. The molecule has 1 aromatic carbocycles. The van der Waals surface area contributed by atoms with Gasteiger partial charge in [0.1, 0.15) is 0 Å². The Labute approximate surface area is 111 Å². The van der Waals surface area contributed by atoms with Gasteiger partial charge in [-0.05, 0) is 24.5 Å². The molecule has 0 saturated carbocycles. The van der Waals surface area contributed by atoms with Crippen molar-refractivity contribution in [2.75, 3.05) is 6.26 Å². The summed E-state index contributed by atoms with van der Waals surface area (Å²) in [7, 11) is 0. The lowest BCUT2D eigenvalue weighted by Crippen LogP contribution is -2.14. The van der Waals surface area contributed by atoms with Gasteiger partial charge >= 0.3 is 11.4 Å². The maximum absolute atomic E-state index is 11.5. The van der Waals surface area contributed by atoms with Gasteiger partial charge in [0.25, 0.3) is 0 Å². The number of benzene rings is 1. The quantitative estimate of drug-likeness (QED) is 0.346. The summed E-state index contributed by atoms with van der Waals surface area (Å²) < 4.78 is 4.44. The van der Waals surface area contributed by atoms with E-state index in [0.29, 0.717) is 16.4 Å². The van der Waals surface area contributed by atoms with Crippen LogP contribution in [0.1, 0.15) is 0 Å². The third-order valence-electron chi connectivity index (χ3n) is 2.23. The van der Waals surface area contributed by atoms with Crippen LogP contribution in [0.2, 0.25) is 0 Å². The SMILES string of the molecule is CSC(=Nc1ccc2[nH]c(=O)oc(=O)c2c1)NC#N. The van der Waals surface area contributed by atoms with Gasteiger partial charge in [0, 0.05) is 0 Å². The number of amidine groups is 1. The minimum atomic E-state index is -0.801. The predicted molar refractivity (Wildman–Crippen MR) is 72.5 cm³/mol. The largest absolute Gasteiger partial charge is 0.419 e. The zero-order valence-electron chi connectivity index (χ0n) is 9.76. The zero-order chi connectivity index (χ0) is 13.8. The van der Waals surface area contributed by atoms with Crippen LogP contribution in [0.15, 0.2) is 37.2 Å². The number of H-pyrrole nitrogens is 1. The van der Waals surface area contributed by atoms with Crippen molar-refractivity contribution in [3.8, 4) is 6.19 Å². The van der Waals surface area contributed by atoms with E-state index in [9.17, 15) is 9.59 Å². The summed E-state index contributed by atoms with van der Waals surface area (Å²) in [5.41, 5.74) is 0.118. The minimum absolute atomic E-state index is 0.221. The van der Waals surface area contributed by atoms with Crippen molar-refractivity contribution >= 4 is 33.5 Å². The number of aliphatic imine (C=N–C) groups is 1. The molecule has 1 heterocycles. The summed E-state index contributed by atoms with van der Waals surface area (Å²) >= 11 is 1.26. The molecule has 0 atom stereocenters. The third kappa shape index (κ3) is 2.83. The van der Waals surface area contributed by atoms with Crippen molar-refractivity contribution in [1.82, 2.24) is 10.3 Å². The van der Waals surface area contributed by atoms with E-state index >= 15 is 0 Å². The van der Waals surface area contributed by atoms with E-state index in [1.54, 1.807) is 24.6 Å². The second-order valence-corrected chi connectivity index (χ2v) is 4.18. The standard InChI is InChI=1S/C11H8N4O3S/c1-19-10(13-5-12)14-6-2-3-8-7(4-6)9(16)18-11(17)15-8/h2-4H,1H3,(H,13,14)(H,15,17). The smallest absolute Gasteiger partial charge is 0.372 e. The summed E-state index contributed by atoms with van der Waals surface area (Å²) in [6.07, 6.45) is 3.53. The lowest BCUT2D eigenvalue weighted by atomic mass is 10.2. The van der Waals surface area contributed by atoms with E-state index in [-0.39, 0.29) is 5.39 Å². The number of hydrogen-bond acceptors (Lipinski definition) is 6. The van der Waals surface area contributed by atoms with Gasteiger partial charge in [0.2, 0.25) is 0 Å². The molecule has 0 aliphatic rings. The third-order valence-corrected chi connectivity index (χ3v) is 2.81. The fourth-order valence-corrected chi connectivity index (χ4v) is 1.79. The molecule has 96 valence electrons. The molecule has 0 fully saturated rings. The van der Waals surface area contributed by atoms with Crippen LogP contribution in [0.25, 0.3) is 10.9 Å². The van der Waals surface area contributed by atoms with Crippen molar-refractivity contribution in [1.29, 1.82) is 5.26 Å². The summed E-state index contributed by atoms with van der Waals surface area (Å²) in [5, 5.41) is 11.6. The van der Waals surface area contributed by atoms with Crippen molar-refractivity contribution in [3.05, 3.63) is 39.2 Å². The van der Waals surface area contributed by atoms with Gasteiger partial charge in [0.15, 0.2) is 11.4 Å². The summed E-state index contributed by atoms with van der Waals surface area (Å²) in [6.45, 7) is 0. The van der Waals surface area contributed by atoms with Crippen LogP contribution in [0.5, 0.6) is 0 Å². The molecule has 8 heteroatoms. The Balaban J connectivity index is 2.57. The molecule has 0 aliphatic heterocycles. The van der Waals surface area contributed by atoms with Gasteiger partial charge in [-0.3, -0.25) is 10.3 Å². The monoisotopic (exact) mass is 276 g/mol. The van der Waals surface area contributed by atoms with Crippen molar-refractivity contribution in [3.63, 3.8) is 0 Å². The number of hydrogen-bond donors (Lipinski definition) is 2. The number of nitrogens with zero attached hydrogens (tertiary/aromatic N) is 2. The van der Waals surface area contributed by atoms with Gasteiger partial charge in [-0.25, -0.2) is 14.6 Å². The number of nitriles is 1. The van der Waals surface area contributed by atoms with E-state index in [1.807, 2.05) is 0 Å². The number of thioether (sulfide) groups is 1. The predicted octanol–water partition coefficient (Wildman–Crippen LogP) is 0.902. The fraction of sp³-hybridized carbons (Fsp3) is 0.0909. The fourth-order valence-electron chi connectivity index (χ4n) is 1.44. The van der Waals surface area contributed by atoms with E-state index < -0.39 is 11.4 Å². The summed E-state index contributed by atoms with van der Waals surface area (Å²) in [5.74, 6) is -0.801. The maximum atomic E-state index is 11.5. The molecule has 0 spiro atoms. The number of rotatable bonds is 1. The van der Waals surface area contributed by atoms with E-state index in [2.05, 4.69) is 19.7 Å². The Hall–Kier alpha value is -2.53. The average Bonchev–Trinajstić information content (AvgIpc) is 2.38. The van der Waals surface area contributed by atoms with Crippen molar-refractivity contribution in [2.45, 2.75) is 0 Å². The number of aromatic amines is 1. The lowest BCUT2D eigenvalue weighted by Gasteiger charge is -2.00. The first-order valence-corrected chi connectivity index (χ1v) is 6.31. The van der Waals surface area contributed by atoms with Crippen molar-refractivity contribution in [2.24, 2.45) is 4.99 Å². The molecule has 0 aliphatic carbocycles. The number of fused-ring (bicyclic) bond motifs is 1. The van der Waals surface area contributed by atoms with Crippen LogP contribution >= 0.6 is 11.8 Å². The number of aromatic nitrogens is 1. The van der Waals surface area contributed by atoms with E-state index in [0.717, 1.165) is 0 Å². The van der Waals surface area contributed by atoms with Crippen LogP contribution in [0.4, 0.5) is 5.69 Å². The highest BCUT2D eigenvalue weighted by Crippen LogP contribution is 2.18. The zero-order valence-corrected chi connectivity index (χ0v) is 10.6. The van der Waals surface area contributed by atoms with Gasteiger partial charge in [0.05, 0.1) is 16.6 Å². The van der Waals surface area contributed by atoms with Gasteiger partial charge in [-0.15, -0.1) is 0 Å². The first-order valence-electron chi connectivity index (χ1n) is 5.09. The second kappa shape index (κ2) is 5.41. The van der Waals surface area contributed by atoms with Gasteiger partial charge in [-0.2, -0.15) is 5.26 Å². The molecular formula is C11H8N4O3S. The van der Waals surface area contributed by atoms with Crippen LogP contribution in [-0.2, 0) is 0 Å². The Morgan fingerprint density at radius 1 is 1.53 bits per heavy atom. The molecular weight excluding hydrogens is 268 g/mol. The molecule has 0 bridgehead atoms. The first kappa shape index (κ1) is 12.9. The molecule has 0 saturated heterocycles. The highest BCUT2D eigenvalue weighted by atomic mass is 32.2. The first-order chi connectivity index (χ1) is 9.13. The molecule has 0 radical (unpaired) electrons. The Morgan fingerprint density at radius 3 is 3.00 bits per heavy atom. The maximum Gasteiger partial charge on any atom is 0.419 e. The molecule has 2 aromatic rings. The Kier molecular flexibility index (Phi) is 3.68. The van der Waals surface area contributed by atoms with Crippen LogP contribution in [0.3, 0.4) is 0 Å². The molecule has 0 amide bonds. The average molecular weight is 276 g/mol. The molecule has 7 nitrogen and oxygen atoms in total. The number of nitrogens with one attached hydrogen (secondary N) is 2. The summed E-state index contributed by atoms with van der Waals surface area (Å²) in [4.78, 5) is 29.1. The van der Waals surface area contributed by atoms with Crippen LogP contribution in [-0.4, -0.2) is 16.4 Å².